The highest BCUT2D eigenvalue weighted by Crippen LogP contribution is 2.26. The van der Waals surface area contributed by atoms with Crippen molar-refractivity contribution in [3.8, 4) is 11.5 Å². The van der Waals surface area contributed by atoms with Gasteiger partial charge in [0.25, 0.3) is 0 Å². The summed E-state index contributed by atoms with van der Waals surface area (Å²) < 4.78 is 24.0. The average molecular weight is 440 g/mol. The molecule has 167 valence electrons. The number of methoxy groups -OCH3 is 1. The summed E-state index contributed by atoms with van der Waals surface area (Å²) in [6.07, 6.45) is 9.41. The number of ether oxygens (including phenoxy) is 1. The van der Waals surface area contributed by atoms with Crippen LogP contribution >= 0.6 is 0 Å². The first-order valence-electron chi connectivity index (χ1n) is 9.55. The van der Waals surface area contributed by atoms with Crippen molar-refractivity contribution < 1.29 is 28.1 Å². The van der Waals surface area contributed by atoms with E-state index >= 15 is 0 Å². The molecule has 0 aromatic heterocycles. The number of phenols is 1. The predicted molar refractivity (Wildman–Crippen MR) is 125 cm³/mol. The van der Waals surface area contributed by atoms with E-state index in [4.69, 9.17) is 4.74 Å². The summed E-state index contributed by atoms with van der Waals surface area (Å²) in [5, 5.41) is 9.57. The van der Waals surface area contributed by atoms with Crippen molar-refractivity contribution in [1.29, 1.82) is 0 Å². The van der Waals surface area contributed by atoms with Crippen LogP contribution in [0.2, 0.25) is 0 Å². The molecule has 5 nitrogen and oxygen atoms in total. The molecule has 0 aliphatic rings. The number of hydrogen-bond donors (Lipinski definition) is 1. The third kappa shape index (κ3) is 9.89. The molecular weight excluding hydrogens is 415 g/mol. The van der Waals surface area contributed by atoms with Gasteiger partial charge < -0.3 is 14.7 Å². The lowest BCUT2D eigenvalue weighted by molar-refractivity contribution is -0.121. The molecule has 0 saturated carbocycles. The normalized spacial score (nSPS) is 10.8. The standard InChI is InChI=1S/C24H25NO4.BF2/c1-25(2)20-12-8-18(9-13-20)6-4-5-7-21(26)17-22(27)14-10-19-11-15-23(28)24(16-19)29-3;2-1-3/h4-16,28H,17H2,1-3H3;. The first-order chi connectivity index (χ1) is 15.3. The number of anilines is 1. The lowest BCUT2D eigenvalue weighted by Gasteiger charge is -2.11. The number of benzene rings is 2. The van der Waals surface area contributed by atoms with E-state index in [0.29, 0.717) is 11.3 Å². The second-order valence-corrected chi connectivity index (χ2v) is 6.66. The summed E-state index contributed by atoms with van der Waals surface area (Å²) in [5.74, 6) is -0.217. The van der Waals surface area contributed by atoms with E-state index in [0.717, 1.165) is 11.3 Å². The molecule has 0 bridgehead atoms. The Balaban J connectivity index is 0.00000161. The van der Waals surface area contributed by atoms with Gasteiger partial charge in [0.05, 0.1) is 13.5 Å². The van der Waals surface area contributed by atoms with Gasteiger partial charge in [-0.15, -0.1) is 0 Å². The van der Waals surface area contributed by atoms with E-state index in [1.165, 1.54) is 25.3 Å². The van der Waals surface area contributed by atoms with Gasteiger partial charge >= 0.3 is 7.83 Å². The Hall–Kier alpha value is -3.68. The number of hydrogen-bond acceptors (Lipinski definition) is 5. The van der Waals surface area contributed by atoms with Crippen LogP contribution in [0.4, 0.5) is 14.3 Å². The maximum Gasteiger partial charge on any atom is 0.577 e. The summed E-state index contributed by atoms with van der Waals surface area (Å²) >= 11 is 0. The Kier molecular flexibility index (Phi) is 11.8. The van der Waals surface area contributed by atoms with E-state index in [2.05, 4.69) is 0 Å². The third-order valence-corrected chi connectivity index (χ3v) is 4.11. The topological polar surface area (TPSA) is 66.8 Å². The maximum atomic E-state index is 11.9. The van der Waals surface area contributed by atoms with E-state index in [-0.39, 0.29) is 23.7 Å². The number of rotatable bonds is 9. The second-order valence-electron chi connectivity index (χ2n) is 6.66. The minimum absolute atomic E-state index is 0.0259. The lowest BCUT2D eigenvalue weighted by Crippen LogP contribution is -2.07. The highest BCUT2D eigenvalue weighted by molar-refractivity contribution is 6.15. The molecule has 2 aromatic carbocycles. The van der Waals surface area contributed by atoms with Crippen LogP contribution in [0.3, 0.4) is 0 Å². The van der Waals surface area contributed by atoms with Crippen LogP contribution in [0.25, 0.3) is 12.2 Å². The average Bonchev–Trinajstić information content (AvgIpc) is 2.77. The molecule has 8 heteroatoms. The van der Waals surface area contributed by atoms with Gasteiger partial charge in [0.1, 0.15) is 0 Å². The molecule has 0 fully saturated rings. The van der Waals surface area contributed by atoms with E-state index in [9.17, 15) is 23.3 Å². The number of allylic oxidation sites excluding steroid dienone is 4. The summed E-state index contributed by atoms with van der Waals surface area (Å²) in [6, 6.07) is 12.8. The SMILES string of the molecule is COc1cc(C=CC(=O)CC(=O)C=CC=Cc2ccc(N(C)C)cc2)ccc1O.F[B]F. The fraction of sp³-hybridized carbons (Fsp3) is 0.167. The summed E-state index contributed by atoms with van der Waals surface area (Å²) in [6.45, 7) is 0. The molecular formula is C24H25BF2NO4. The number of carbonyl (C=O) groups excluding carboxylic acids is 2. The van der Waals surface area contributed by atoms with Gasteiger partial charge in [0.2, 0.25) is 0 Å². The number of carbonyl (C=O) groups is 2. The first-order valence-corrected chi connectivity index (χ1v) is 9.55. The second kappa shape index (κ2) is 14.4. The summed E-state index contributed by atoms with van der Waals surface area (Å²) in [5.41, 5.74) is 2.83. The Morgan fingerprint density at radius 1 is 0.969 bits per heavy atom. The largest absolute Gasteiger partial charge is 0.577 e. The minimum Gasteiger partial charge on any atom is -0.504 e. The molecule has 0 aliphatic heterocycles. The van der Waals surface area contributed by atoms with E-state index in [1.807, 2.05) is 49.3 Å². The van der Waals surface area contributed by atoms with Crippen molar-refractivity contribution in [2.45, 2.75) is 6.42 Å². The predicted octanol–water partition coefficient (Wildman–Crippen LogP) is 4.74. The van der Waals surface area contributed by atoms with Crippen molar-refractivity contribution in [1.82, 2.24) is 0 Å². The van der Waals surface area contributed by atoms with Crippen LogP contribution in [-0.4, -0.2) is 45.7 Å². The molecule has 32 heavy (non-hydrogen) atoms. The number of halogens is 2. The first kappa shape index (κ1) is 26.4. The minimum atomic E-state index is -1.00. The van der Waals surface area contributed by atoms with Gasteiger partial charge in [-0.05, 0) is 47.5 Å². The maximum absolute atomic E-state index is 11.9. The van der Waals surface area contributed by atoms with Gasteiger partial charge in [-0.25, -0.2) is 0 Å². The number of aromatic hydroxyl groups is 1. The third-order valence-electron chi connectivity index (χ3n) is 4.11. The zero-order valence-corrected chi connectivity index (χ0v) is 18.2. The van der Waals surface area contributed by atoms with Gasteiger partial charge in [-0.2, -0.15) is 0 Å². The van der Waals surface area contributed by atoms with Crippen LogP contribution in [0, 0.1) is 0 Å². The van der Waals surface area contributed by atoms with Gasteiger partial charge in [0.15, 0.2) is 23.1 Å². The van der Waals surface area contributed by atoms with Crippen LogP contribution in [0.15, 0.2) is 66.8 Å². The molecule has 0 unspecified atom stereocenters. The van der Waals surface area contributed by atoms with Crippen LogP contribution < -0.4 is 9.64 Å². The van der Waals surface area contributed by atoms with Crippen LogP contribution in [-0.2, 0) is 9.59 Å². The number of nitrogens with zero attached hydrogens (tertiary/aromatic N) is 1. The zero-order valence-electron chi connectivity index (χ0n) is 18.2. The number of phenolic OH excluding ortho intramolecular Hbond substituents is 1. The molecule has 2 rings (SSSR count). The Bertz CT molecular complexity index is 970. The highest BCUT2D eigenvalue weighted by Gasteiger charge is 2.04. The molecule has 0 amide bonds. The smallest absolute Gasteiger partial charge is 0.504 e. The van der Waals surface area contributed by atoms with Crippen molar-refractivity contribution >= 4 is 37.2 Å². The van der Waals surface area contributed by atoms with Crippen molar-refractivity contribution in [3.05, 3.63) is 77.9 Å². The number of ketones is 2. The van der Waals surface area contributed by atoms with Crippen LogP contribution in [0.5, 0.6) is 11.5 Å². The van der Waals surface area contributed by atoms with Crippen molar-refractivity contribution in [2.24, 2.45) is 0 Å². The summed E-state index contributed by atoms with van der Waals surface area (Å²) in [7, 11) is 4.42. The quantitative estimate of drug-likeness (QED) is 0.264. The zero-order chi connectivity index (χ0) is 23.9. The molecule has 2 aromatic rings. The van der Waals surface area contributed by atoms with E-state index in [1.54, 1.807) is 30.4 Å². The molecule has 0 spiro atoms. The van der Waals surface area contributed by atoms with E-state index < -0.39 is 7.83 Å². The molecule has 0 heterocycles. The Labute approximate surface area is 187 Å². The Morgan fingerprint density at radius 3 is 2.16 bits per heavy atom. The van der Waals surface area contributed by atoms with Gasteiger partial charge in [-0.3, -0.25) is 18.2 Å². The lowest BCUT2D eigenvalue weighted by atomic mass is 10.1. The molecule has 1 radical (unpaired) electrons. The molecule has 0 atom stereocenters. The monoisotopic (exact) mass is 440 g/mol. The van der Waals surface area contributed by atoms with Gasteiger partial charge in [-0.1, -0.05) is 42.5 Å². The fourth-order valence-corrected chi connectivity index (χ4v) is 2.49. The summed E-state index contributed by atoms with van der Waals surface area (Å²) in [4.78, 5) is 25.9. The molecule has 1 N–H and O–H groups in total. The van der Waals surface area contributed by atoms with Crippen molar-refractivity contribution in [2.75, 3.05) is 26.1 Å². The molecule has 0 aliphatic carbocycles. The van der Waals surface area contributed by atoms with Crippen LogP contribution in [0.1, 0.15) is 17.5 Å². The Morgan fingerprint density at radius 2 is 1.56 bits per heavy atom. The molecule has 0 saturated heterocycles. The van der Waals surface area contributed by atoms with Gasteiger partial charge in [0, 0.05) is 19.8 Å². The fourth-order valence-electron chi connectivity index (χ4n) is 2.49. The highest BCUT2D eigenvalue weighted by atomic mass is 19.2. The van der Waals surface area contributed by atoms with Crippen molar-refractivity contribution in [3.63, 3.8) is 0 Å².